The maximum Gasteiger partial charge on any atom is 0.136 e. The molecule has 1 rings (SSSR count). The van der Waals surface area contributed by atoms with Gasteiger partial charge in [-0.1, -0.05) is 24.6 Å². The van der Waals surface area contributed by atoms with E-state index in [4.69, 9.17) is 0 Å². The van der Waals surface area contributed by atoms with Gasteiger partial charge >= 0.3 is 0 Å². The van der Waals surface area contributed by atoms with E-state index in [-0.39, 0.29) is 5.82 Å². The predicted octanol–water partition coefficient (Wildman–Crippen LogP) is 4.25. The van der Waals surface area contributed by atoms with Gasteiger partial charge in [-0.2, -0.15) is 0 Å². The van der Waals surface area contributed by atoms with E-state index < -0.39 is 0 Å². The second-order valence-electron chi connectivity index (χ2n) is 4.49. The number of rotatable bonds is 8. The van der Waals surface area contributed by atoms with Crippen molar-refractivity contribution in [2.45, 2.75) is 37.6 Å². The monoisotopic (exact) mass is 267 g/mol. The van der Waals surface area contributed by atoms with E-state index in [0.717, 1.165) is 30.0 Å². The zero-order valence-corrected chi connectivity index (χ0v) is 12.0. The van der Waals surface area contributed by atoms with Gasteiger partial charge in [0.05, 0.1) is 0 Å². The third-order valence-electron chi connectivity index (χ3n) is 2.69. The van der Waals surface area contributed by atoms with Crippen LogP contribution in [0.4, 0.5) is 4.39 Å². The molecule has 0 bridgehead atoms. The van der Waals surface area contributed by atoms with E-state index in [2.05, 4.69) is 18.8 Å². The predicted molar refractivity (Wildman–Crippen MR) is 78.6 cm³/mol. The van der Waals surface area contributed by atoms with Crippen molar-refractivity contribution in [3.05, 3.63) is 42.2 Å². The molecule has 1 atom stereocenters. The van der Waals surface area contributed by atoms with E-state index in [1.807, 2.05) is 19.1 Å². The first-order valence-electron chi connectivity index (χ1n) is 6.38. The van der Waals surface area contributed by atoms with Crippen LogP contribution < -0.4 is 5.32 Å². The van der Waals surface area contributed by atoms with Gasteiger partial charge in [-0.15, -0.1) is 18.3 Å². The Bertz CT molecular complexity index is 379. The Morgan fingerprint density at radius 1 is 1.44 bits per heavy atom. The van der Waals surface area contributed by atoms with Gasteiger partial charge in [0.15, 0.2) is 0 Å². The number of hydrogen-bond acceptors (Lipinski definition) is 2. The van der Waals surface area contributed by atoms with Crippen LogP contribution in [0.1, 0.15) is 26.7 Å². The van der Waals surface area contributed by atoms with E-state index >= 15 is 0 Å². The van der Waals surface area contributed by atoms with Crippen LogP contribution in [0.3, 0.4) is 0 Å². The number of thioether (sulfide) groups is 1. The summed E-state index contributed by atoms with van der Waals surface area (Å²) in [4.78, 5) is 0.732. The Hall–Kier alpha value is -0.800. The molecule has 1 unspecified atom stereocenters. The van der Waals surface area contributed by atoms with E-state index in [1.54, 1.807) is 17.8 Å². The van der Waals surface area contributed by atoms with E-state index in [0.29, 0.717) is 6.04 Å². The van der Waals surface area contributed by atoms with Crippen molar-refractivity contribution in [3.63, 3.8) is 0 Å². The summed E-state index contributed by atoms with van der Waals surface area (Å²) in [5.74, 6) is 0.764. The molecule has 0 aliphatic heterocycles. The molecule has 0 radical (unpaired) electrons. The van der Waals surface area contributed by atoms with Gasteiger partial charge in [-0.25, -0.2) is 4.39 Å². The fourth-order valence-electron chi connectivity index (χ4n) is 1.71. The lowest BCUT2D eigenvalue weighted by Crippen LogP contribution is -2.31. The zero-order valence-electron chi connectivity index (χ0n) is 11.2. The third-order valence-corrected chi connectivity index (χ3v) is 3.90. The summed E-state index contributed by atoms with van der Waals surface area (Å²) in [6.07, 6.45) is 2.08. The minimum Gasteiger partial charge on any atom is -0.313 e. The molecule has 18 heavy (non-hydrogen) atoms. The SMILES string of the molecule is C=C(C)CCC(CSc1ccccc1F)NCC. The molecule has 0 aromatic heterocycles. The summed E-state index contributed by atoms with van der Waals surface area (Å²) < 4.78 is 13.5. The summed E-state index contributed by atoms with van der Waals surface area (Å²) in [5, 5.41) is 3.44. The lowest BCUT2D eigenvalue weighted by molar-refractivity contribution is 0.536. The van der Waals surface area contributed by atoms with Crippen LogP contribution in [0, 0.1) is 5.82 Å². The van der Waals surface area contributed by atoms with Crippen LogP contribution in [0.25, 0.3) is 0 Å². The Morgan fingerprint density at radius 3 is 2.78 bits per heavy atom. The molecule has 0 saturated heterocycles. The van der Waals surface area contributed by atoms with Crippen LogP contribution in [-0.2, 0) is 0 Å². The van der Waals surface area contributed by atoms with Crippen molar-refractivity contribution < 1.29 is 4.39 Å². The van der Waals surface area contributed by atoms with Gasteiger partial charge in [-0.05, 0) is 38.4 Å². The Morgan fingerprint density at radius 2 is 2.17 bits per heavy atom. The Labute approximate surface area is 114 Å². The summed E-state index contributed by atoms with van der Waals surface area (Å²) in [5.41, 5.74) is 1.20. The number of benzene rings is 1. The van der Waals surface area contributed by atoms with Gasteiger partial charge in [-0.3, -0.25) is 0 Å². The van der Waals surface area contributed by atoms with Crippen molar-refractivity contribution in [2.24, 2.45) is 0 Å². The van der Waals surface area contributed by atoms with Gasteiger partial charge in [0.2, 0.25) is 0 Å². The highest BCUT2D eigenvalue weighted by atomic mass is 32.2. The largest absolute Gasteiger partial charge is 0.313 e. The molecule has 0 amide bonds. The molecule has 0 aliphatic rings. The van der Waals surface area contributed by atoms with Gasteiger partial charge in [0.25, 0.3) is 0 Å². The second-order valence-corrected chi connectivity index (χ2v) is 5.55. The summed E-state index contributed by atoms with van der Waals surface area (Å²) >= 11 is 1.58. The maximum atomic E-state index is 13.5. The fourth-order valence-corrected chi connectivity index (χ4v) is 2.75. The molecule has 0 saturated carbocycles. The third kappa shape index (κ3) is 5.69. The van der Waals surface area contributed by atoms with E-state index in [1.165, 1.54) is 11.6 Å². The first kappa shape index (κ1) is 15.3. The molecule has 1 nitrogen and oxygen atoms in total. The minimum absolute atomic E-state index is 0.127. The van der Waals surface area contributed by atoms with Crippen molar-refractivity contribution in [2.75, 3.05) is 12.3 Å². The molecular formula is C15H22FNS. The lowest BCUT2D eigenvalue weighted by atomic mass is 10.1. The molecular weight excluding hydrogens is 245 g/mol. The molecule has 100 valence electrons. The quantitative estimate of drug-likeness (QED) is 0.558. The van der Waals surface area contributed by atoms with Crippen LogP contribution in [0.5, 0.6) is 0 Å². The number of halogens is 1. The second kappa shape index (κ2) is 8.33. The van der Waals surface area contributed by atoms with Crippen LogP contribution in [0.15, 0.2) is 41.3 Å². The summed E-state index contributed by atoms with van der Waals surface area (Å²) in [6, 6.07) is 7.36. The molecule has 1 aromatic carbocycles. The van der Waals surface area contributed by atoms with Gasteiger partial charge < -0.3 is 5.32 Å². The Kier molecular flexibility index (Phi) is 7.06. The van der Waals surface area contributed by atoms with Crippen molar-refractivity contribution >= 4 is 11.8 Å². The van der Waals surface area contributed by atoms with Gasteiger partial charge in [0, 0.05) is 16.7 Å². The fraction of sp³-hybridized carbons (Fsp3) is 0.467. The van der Waals surface area contributed by atoms with Crippen LogP contribution in [-0.4, -0.2) is 18.3 Å². The number of hydrogen-bond donors (Lipinski definition) is 1. The average Bonchev–Trinajstić information content (AvgIpc) is 2.34. The highest BCUT2D eigenvalue weighted by Crippen LogP contribution is 2.23. The molecule has 1 aromatic rings. The average molecular weight is 267 g/mol. The van der Waals surface area contributed by atoms with E-state index in [9.17, 15) is 4.39 Å². The summed E-state index contributed by atoms with van der Waals surface area (Å²) in [7, 11) is 0. The highest BCUT2D eigenvalue weighted by molar-refractivity contribution is 7.99. The topological polar surface area (TPSA) is 12.0 Å². The zero-order chi connectivity index (χ0) is 13.4. The lowest BCUT2D eigenvalue weighted by Gasteiger charge is -2.17. The number of nitrogens with one attached hydrogen (secondary N) is 1. The Balaban J connectivity index is 2.46. The summed E-state index contributed by atoms with van der Waals surface area (Å²) in [6.45, 7) is 9.02. The van der Waals surface area contributed by atoms with Crippen LogP contribution in [0.2, 0.25) is 0 Å². The normalized spacial score (nSPS) is 12.4. The molecule has 0 heterocycles. The van der Waals surface area contributed by atoms with Crippen molar-refractivity contribution in [1.82, 2.24) is 5.32 Å². The molecule has 3 heteroatoms. The van der Waals surface area contributed by atoms with Crippen molar-refractivity contribution in [3.8, 4) is 0 Å². The minimum atomic E-state index is -0.127. The molecule has 1 N–H and O–H groups in total. The van der Waals surface area contributed by atoms with Gasteiger partial charge in [0.1, 0.15) is 5.82 Å². The smallest absolute Gasteiger partial charge is 0.136 e. The van der Waals surface area contributed by atoms with Crippen molar-refractivity contribution in [1.29, 1.82) is 0 Å². The molecule has 0 aliphatic carbocycles. The first-order valence-corrected chi connectivity index (χ1v) is 7.37. The first-order chi connectivity index (χ1) is 8.63. The molecule has 0 fully saturated rings. The maximum absolute atomic E-state index is 13.5. The number of allylic oxidation sites excluding steroid dienone is 1. The molecule has 0 spiro atoms. The standard InChI is InChI=1S/C15H22FNS/c1-4-17-13(10-9-12(2)3)11-18-15-8-6-5-7-14(15)16/h5-8,13,17H,2,4,9-11H2,1,3H3. The highest BCUT2D eigenvalue weighted by Gasteiger charge is 2.09. The van der Waals surface area contributed by atoms with Crippen LogP contribution >= 0.6 is 11.8 Å².